The lowest BCUT2D eigenvalue weighted by Crippen LogP contribution is -1.92. The molecule has 6 heteroatoms. The van der Waals surface area contributed by atoms with Gasteiger partial charge in [0.2, 0.25) is 5.13 Å². The Morgan fingerprint density at radius 3 is 3.08 bits per heavy atom. The topological polar surface area (TPSA) is 55.6 Å². The minimum absolute atomic E-state index is 0.817. The maximum absolute atomic E-state index is 4.15. The van der Waals surface area contributed by atoms with E-state index in [-0.39, 0.29) is 0 Å². The first-order valence-electron chi connectivity index (χ1n) is 3.40. The summed E-state index contributed by atoms with van der Waals surface area (Å²) in [7, 11) is 1.86. The van der Waals surface area contributed by atoms with E-state index >= 15 is 0 Å². The van der Waals surface area contributed by atoms with Gasteiger partial charge in [-0.25, -0.2) is 4.98 Å². The third kappa shape index (κ3) is 1.16. The number of hydrogen-bond donors (Lipinski definition) is 1. The Morgan fingerprint density at radius 1 is 1.58 bits per heavy atom. The molecule has 0 radical (unpaired) electrons. The number of anilines is 1. The molecule has 12 heavy (non-hydrogen) atoms. The Labute approximate surface area is 73.1 Å². The van der Waals surface area contributed by atoms with Crippen LogP contribution in [0.3, 0.4) is 0 Å². The lowest BCUT2D eigenvalue weighted by Gasteiger charge is -1.90. The summed E-state index contributed by atoms with van der Waals surface area (Å²) in [5, 5.41) is 12.3. The molecule has 0 aliphatic heterocycles. The van der Waals surface area contributed by atoms with Crippen LogP contribution in [0.5, 0.6) is 0 Å². The second-order valence-corrected chi connectivity index (χ2v) is 3.11. The minimum atomic E-state index is 0.817. The van der Waals surface area contributed by atoms with Crippen molar-refractivity contribution >= 4 is 16.3 Å². The third-order valence-corrected chi connectivity index (χ3v) is 2.36. The van der Waals surface area contributed by atoms with Crippen molar-refractivity contribution in [2.24, 2.45) is 0 Å². The highest BCUT2D eigenvalue weighted by Gasteiger charge is 2.01. The molecule has 0 aromatic carbocycles. The van der Waals surface area contributed by atoms with E-state index in [1.54, 1.807) is 23.3 Å². The molecule has 0 bridgehead atoms. The predicted octanol–water partition coefficient (Wildman–Crippen LogP) is 0.765. The molecule has 0 fully saturated rings. The number of hydrogen-bond acceptors (Lipinski definition) is 5. The molecule has 0 atom stereocenters. The van der Waals surface area contributed by atoms with Crippen LogP contribution in [-0.4, -0.2) is 27.0 Å². The second-order valence-electron chi connectivity index (χ2n) is 2.10. The molecule has 62 valence electrons. The van der Waals surface area contributed by atoms with Crippen molar-refractivity contribution in [1.82, 2.24) is 20.0 Å². The van der Waals surface area contributed by atoms with Gasteiger partial charge in [-0.05, 0) is 0 Å². The fourth-order valence-corrected chi connectivity index (χ4v) is 1.50. The molecule has 0 amide bonds. The molecule has 0 saturated carbocycles. The summed E-state index contributed by atoms with van der Waals surface area (Å²) in [5.74, 6) is 0. The van der Waals surface area contributed by atoms with E-state index in [1.165, 1.54) is 11.3 Å². The molecule has 5 nitrogen and oxygen atoms in total. The summed E-state index contributed by atoms with van der Waals surface area (Å²) >= 11 is 1.53. The summed E-state index contributed by atoms with van der Waals surface area (Å²) in [6, 6.07) is 0. The van der Waals surface area contributed by atoms with Crippen molar-refractivity contribution < 1.29 is 0 Å². The van der Waals surface area contributed by atoms with Gasteiger partial charge in [0.05, 0.1) is 18.6 Å². The van der Waals surface area contributed by atoms with Crippen molar-refractivity contribution in [3.8, 4) is 5.13 Å². The van der Waals surface area contributed by atoms with E-state index in [1.807, 2.05) is 7.05 Å². The lowest BCUT2D eigenvalue weighted by molar-refractivity contribution is 0.797. The number of nitrogens with zero attached hydrogens (tertiary/aromatic N) is 4. The van der Waals surface area contributed by atoms with Crippen molar-refractivity contribution in [2.75, 3.05) is 12.4 Å². The second kappa shape index (κ2) is 2.90. The number of rotatable bonds is 2. The zero-order valence-corrected chi connectivity index (χ0v) is 7.25. The number of aromatic nitrogens is 4. The van der Waals surface area contributed by atoms with Gasteiger partial charge in [-0.1, -0.05) is 16.6 Å². The van der Waals surface area contributed by atoms with Gasteiger partial charge in [0, 0.05) is 7.05 Å². The summed E-state index contributed by atoms with van der Waals surface area (Å²) in [4.78, 5) is 4.15. The van der Waals surface area contributed by atoms with Gasteiger partial charge in [-0.15, -0.1) is 5.10 Å². The molecule has 2 aromatic rings. The average Bonchev–Trinajstić information content (AvgIpc) is 2.75. The molecule has 2 rings (SSSR count). The molecule has 0 aliphatic rings. The van der Waals surface area contributed by atoms with Crippen LogP contribution in [-0.2, 0) is 0 Å². The van der Waals surface area contributed by atoms with Crippen LogP contribution >= 0.6 is 11.3 Å². The van der Waals surface area contributed by atoms with Gasteiger partial charge < -0.3 is 5.32 Å². The van der Waals surface area contributed by atoms with Gasteiger partial charge in [-0.3, -0.25) is 0 Å². The van der Waals surface area contributed by atoms with Gasteiger partial charge in [-0.2, -0.15) is 4.68 Å². The van der Waals surface area contributed by atoms with E-state index in [4.69, 9.17) is 0 Å². The van der Waals surface area contributed by atoms with Crippen LogP contribution < -0.4 is 5.32 Å². The highest BCUT2D eigenvalue weighted by atomic mass is 32.1. The molecule has 1 N–H and O–H groups in total. The standard InChI is InChI=1S/C6H7N5S/c1-7-5-4-8-6(12-5)11-3-2-9-10-11/h2-4,7H,1H3. The van der Waals surface area contributed by atoms with Gasteiger partial charge in [0.1, 0.15) is 5.00 Å². The van der Waals surface area contributed by atoms with Crippen LogP contribution in [0.15, 0.2) is 18.6 Å². The van der Waals surface area contributed by atoms with Crippen molar-refractivity contribution in [2.45, 2.75) is 0 Å². The fourth-order valence-electron chi connectivity index (χ4n) is 0.797. The molecule has 0 saturated heterocycles. The number of nitrogens with one attached hydrogen (secondary N) is 1. The maximum Gasteiger partial charge on any atom is 0.213 e. The minimum Gasteiger partial charge on any atom is -0.379 e. The molecule has 2 aromatic heterocycles. The van der Waals surface area contributed by atoms with Crippen molar-refractivity contribution in [3.63, 3.8) is 0 Å². The lowest BCUT2D eigenvalue weighted by atomic mass is 10.8. The van der Waals surface area contributed by atoms with Crippen LogP contribution in [0.2, 0.25) is 0 Å². The quantitative estimate of drug-likeness (QED) is 0.743. The molecule has 2 heterocycles. The first-order chi connectivity index (χ1) is 5.90. The van der Waals surface area contributed by atoms with E-state index in [0.717, 1.165) is 10.1 Å². The van der Waals surface area contributed by atoms with Gasteiger partial charge >= 0.3 is 0 Å². The molecular formula is C6H7N5S. The molecule has 0 aliphatic carbocycles. The summed E-state index contributed by atoms with van der Waals surface area (Å²) in [5.41, 5.74) is 0. The number of thiazole rings is 1. The van der Waals surface area contributed by atoms with Gasteiger partial charge in [0.15, 0.2) is 0 Å². The zero-order valence-electron chi connectivity index (χ0n) is 6.43. The Hall–Kier alpha value is -1.43. The summed E-state index contributed by atoms with van der Waals surface area (Å²) < 4.78 is 1.63. The Bertz CT molecular complexity index is 352. The summed E-state index contributed by atoms with van der Waals surface area (Å²) in [6.45, 7) is 0. The Balaban J connectivity index is 2.35. The summed E-state index contributed by atoms with van der Waals surface area (Å²) in [6.07, 6.45) is 5.15. The van der Waals surface area contributed by atoms with Crippen molar-refractivity contribution in [1.29, 1.82) is 0 Å². The highest BCUT2D eigenvalue weighted by molar-refractivity contribution is 7.18. The zero-order chi connectivity index (χ0) is 8.39. The van der Waals surface area contributed by atoms with Crippen molar-refractivity contribution in [3.05, 3.63) is 18.6 Å². The van der Waals surface area contributed by atoms with Crippen LogP contribution in [0.25, 0.3) is 5.13 Å². The van der Waals surface area contributed by atoms with Crippen LogP contribution in [0.4, 0.5) is 5.00 Å². The normalized spacial score (nSPS) is 10.1. The predicted molar refractivity (Wildman–Crippen MR) is 46.6 cm³/mol. The smallest absolute Gasteiger partial charge is 0.213 e. The fraction of sp³-hybridized carbons (Fsp3) is 0.167. The monoisotopic (exact) mass is 181 g/mol. The van der Waals surface area contributed by atoms with E-state index in [9.17, 15) is 0 Å². The SMILES string of the molecule is CNc1cnc(-n2ccnn2)s1. The average molecular weight is 181 g/mol. The largest absolute Gasteiger partial charge is 0.379 e. The molecule has 0 unspecified atom stereocenters. The van der Waals surface area contributed by atoms with E-state index in [2.05, 4.69) is 20.6 Å². The van der Waals surface area contributed by atoms with Crippen LogP contribution in [0, 0.1) is 0 Å². The van der Waals surface area contributed by atoms with E-state index < -0.39 is 0 Å². The van der Waals surface area contributed by atoms with Crippen LogP contribution in [0.1, 0.15) is 0 Å². The maximum atomic E-state index is 4.15. The Kier molecular flexibility index (Phi) is 1.75. The molecule has 0 spiro atoms. The third-order valence-electron chi connectivity index (χ3n) is 1.36. The van der Waals surface area contributed by atoms with E-state index in [0.29, 0.717) is 0 Å². The van der Waals surface area contributed by atoms with Gasteiger partial charge in [0.25, 0.3) is 0 Å². The first kappa shape index (κ1) is 7.23. The first-order valence-corrected chi connectivity index (χ1v) is 4.22. The molecular weight excluding hydrogens is 174 g/mol. The highest BCUT2D eigenvalue weighted by Crippen LogP contribution is 2.19. The Morgan fingerprint density at radius 2 is 2.50 bits per heavy atom.